The molecule has 3 rings (SSSR count). The van der Waals surface area contributed by atoms with Crippen LogP contribution in [-0.2, 0) is 0 Å². The first-order chi connectivity index (χ1) is 14.3. The van der Waals surface area contributed by atoms with E-state index in [-0.39, 0.29) is 5.91 Å². The summed E-state index contributed by atoms with van der Waals surface area (Å²) in [5.74, 6) is 0.0474. The van der Waals surface area contributed by atoms with E-state index in [1.807, 2.05) is 31.3 Å². The summed E-state index contributed by atoms with van der Waals surface area (Å²) in [7, 11) is 3.57. The van der Waals surface area contributed by atoms with Gasteiger partial charge in [0.25, 0.3) is 5.91 Å². The van der Waals surface area contributed by atoms with Gasteiger partial charge in [0, 0.05) is 61.2 Å². The number of pyridine rings is 1. The third kappa shape index (κ3) is 5.27. The van der Waals surface area contributed by atoms with E-state index < -0.39 is 0 Å². The molecule has 1 aromatic heterocycles. The standard InChI is InChI=1S/C25H30BrN3O/c1-17(14-23-19(3)27-11-8-24(23)26)16-29-12-9-20(10-13-29)22-7-6-21(15-18(22)2)25(30)28(4)5/h6-9,11,14-15H,10,12-13,16H2,1-5H3/b17-14+. The minimum absolute atomic E-state index is 0.0474. The number of aromatic nitrogens is 1. The second-order valence-corrected chi connectivity index (χ2v) is 9.08. The van der Waals surface area contributed by atoms with Crippen molar-refractivity contribution in [3.05, 3.63) is 74.5 Å². The number of hydrogen-bond acceptors (Lipinski definition) is 3. The SMILES string of the molecule is C/C(=C\c1c(Br)ccnc1C)CN1CC=C(c2ccc(C(=O)N(C)C)cc2C)CC1. The Morgan fingerprint density at radius 2 is 2.03 bits per heavy atom. The van der Waals surface area contributed by atoms with Crippen molar-refractivity contribution >= 4 is 33.5 Å². The van der Waals surface area contributed by atoms with Crippen molar-refractivity contribution in [1.29, 1.82) is 0 Å². The van der Waals surface area contributed by atoms with Crippen LogP contribution in [0.5, 0.6) is 0 Å². The number of benzene rings is 1. The van der Waals surface area contributed by atoms with Crippen LogP contribution < -0.4 is 0 Å². The molecule has 0 bridgehead atoms. The van der Waals surface area contributed by atoms with Gasteiger partial charge < -0.3 is 4.90 Å². The highest BCUT2D eigenvalue weighted by molar-refractivity contribution is 9.10. The van der Waals surface area contributed by atoms with E-state index in [9.17, 15) is 4.79 Å². The van der Waals surface area contributed by atoms with Crippen LogP contribution in [0.15, 0.2) is 46.6 Å². The van der Waals surface area contributed by atoms with Gasteiger partial charge in [0.15, 0.2) is 0 Å². The zero-order valence-corrected chi connectivity index (χ0v) is 20.1. The van der Waals surface area contributed by atoms with Gasteiger partial charge in [-0.3, -0.25) is 14.7 Å². The van der Waals surface area contributed by atoms with E-state index in [0.29, 0.717) is 0 Å². The van der Waals surface area contributed by atoms with Crippen LogP contribution in [0.25, 0.3) is 11.6 Å². The Hall–Kier alpha value is -2.24. The van der Waals surface area contributed by atoms with Crippen molar-refractivity contribution < 1.29 is 4.79 Å². The van der Waals surface area contributed by atoms with Crippen LogP contribution in [0, 0.1) is 13.8 Å². The monoisotopic (exact) mass is 467 g/mol. The number of carbonyl (C=O) groups excluding carboxylic acids is 1. The van der Waals surface area contributed by atoms with Crippen molar-refractivity contribution in [2.75, 3.05) is 33.7 Å². The van der Waals surface area contributed by atoms with Gasteiger partial charge in [0.2, 0.25) is 0 Å². The normalized spacial score (nSPS) is 15.1. The van der Waals surface area contributed by atoms with E-state index >= 15 is 0 Å². The minimum atomic E-state index is 0.0474. The van der Waals surface area contributed by atoms with Crippen LogP contribution >= 0.6 is 15.9 Å². The van der Waals surface area contributed by atoms with Crippen molar-refractivity contribution in [2.45, 2.75) is 27.2 Å². The molecular formula is C25H30BrN3O. The number of halogens is 1. The molecule has 0 spiro atoms. The first-order valence-corrected chi connectivity index (χ1v) is 11.1. The van der Waals surface area contributed by atoms with Gasteiger partial charge >= 0.3 is 0 Å². The number of rotatable bonds is 5. The molecule has 1 aromatic carbocycles. The minimum Gasteiger partial charge on any atom is -0.345 e. The Balaban J connectivity index is 1.68. The van der Waals surface area contributed by atoms with Gasteiger partial charge in [-0.1, -0.05) is 39.7 Å². The van der Waals surface area contributed by atoms with Crippen LogP contribution in [0.1, 0.15) is 46.1 Å². The van der Waals surface area contributed by atoms with Crippen molar-refractivity contribution in [3.63, 3.8) is 0 Å². The fourth-order valence-electron chi connectivity index (χ4n) is 3.88. The fraction of sp³-hybridized carbons (Fsp3) is 0.360. The zero-order valence-electron chi connectivity index (χ0n) is 18.5. The summed E-state index contributed by atoms with van der Waals surface area (Å²) in [4.78, 5) is 20.7. The molecule has 1 amide bonds. The van der Waals surface area contributed by atoms with Crippen LogP contribution in [-0.4, -0.2) is 54.4 Å². The summed E-state index contributed by atoms with van der Waals surface area (Å²) in [6.07, 6.45) is 7.41. The van der Waals surface area contributed by atoms with Gasteiger partial charge in [-0.05, 0) is 62.1 Å². The maximum atomic E-state index is 12.2. The lowest BCUT2D eigenvalue weighted by Gasteiger charge is -2.27. The Bertz CT molecular complexity index is 987. The number of aryl methyl sites for hydroxylation is 2. The van der Waals surface area contributed by atoms with Gasteiger partial charge in [-0.25, -0.2) is 0 Å². The summed E-state index contributed by atoms with van der Waals surface area (Å²) < 4.78 is 1.09. The highest BCUT2D eigenvalue weighted by atomic mass is 79.9. The average Bonchev–Trinajstić information content (AvgIpc) is 2.71. The quantitative estimate of drug-likeness (QED) is 0.593. The third-order valence-corrected chi connectivity index (χ3v) is 6.21. The first-order valence-electron chi connectivity index (χ1n) is 10.3. The smallest absolute Gasteiger partial charge is 0.253 e. The Kier molecular flexibility index (Phi) is 7.27. The highest BCUT2D eigenvalue weighted by Crippen LogP contribution is 2.27. The first kappa shape index (κ1) is 22.4. The number of amides is 1. The molecule has 4 nitrogen and oxygen atoms in total. The van der Waals surface area contributed by atoms with Crippen LogP contribution in [0.3, 0.4) is 0 Å². The molecule has 0 aliphatic carbocycles. The zero-order chi connectivity index (χ0) is 21.8. The predicted octanol–water partition coefficient (Wildman–Crippen LogP) is 5.36. The molecule has 0 fully saturated rings. The van der Waals surface area contributed by atoms with Gasteiger partial charge in [-0.2, -0.15) is 0 Å². The lowest BCUT2D eigenvalue weighted by molar-refractivity contribution is 0.0827. The molecule has 0 atom stereocenters. The Morgan fingerprint density at radius 3 is 2.63 bits per heavy atom. The molecule has 0 saturated carbocycles. The average molecular weight is 468 g/mol. The van der Waals surface area contributed by atoms with E-state index in [4.69, 9.17) is 0 Å². The van der Waals surface area contributed by atoms with E-state index in [1.54, 1.807) is 19.0 Å². The van der Waals surface area contributed by atoms with Crippen molar-refractivity contribution in [1.82, 2.24) is 14.8 Å². The predicted molar refractivity (Wildman–Crippen MR) is 129 cm³/mol. The molecule has 5 heteroatoms. The van der Waals surface area contributed by atoms with Gasteiger partial charge in [0.05, 0.1) is 0 Å². The summed E-state index contributed by atoms with van der Waals surface area (Å²) in [5, 5.41) is 0. The lowest BCUT2D eigenvalue weighted by Crippen LogP contribution is -2.30. The molecule has 1 aliphatic rings. The maximum absolute atomic E-state index is 12.2. The molecule has 0 unspecified atom stereocenters. The maximum Gasteiger partial charge on any atom is 0.253 e. The van der Waals surface area contributed by atoms with Crippen molar-refractivity contribution in [3.8, 4) is 0 Å². The summed E-state index contributed by atoms with van der Waals surface area (Å²) in [6, 6.07) is 8.04. The van der Waals surface area contributed by atoms with Gasteiger partial charge in [0.1, 0.15) is 0 Å². The van der Waals surface area contributed by atoms with Gasteiger partial charge in [-0.15, -0.1) is 0 Å². The molecule has 0 N–H and O–H groups in total. The Labute approximate surface area is 188 Å². The molecule has 0 saturated heterocycles. The molecule has 30 heavy (non-hydrogen) atoms. The topological polar surface area (TPSA) is 36.4 Å². The number of nitrogens with zero attached hydrogens (tertiary/aromatic N) is 3. The van der Waals surface area contributed by atoms with E-state index in [1.165, 1.54) is 16.7 Å². The second kappa shape index (κ2) is 9.71. The highest BCUT2D eigenvalue weighted by Gasteiger charge is 2.16. The molecule has 2 heterocycles. The molecule has 0 radical (unpaired) electrons. The molecule has 1 aliphatic heterocycles. The second-order valence-electron chi connectivity index (χ2n) is 8.23. The summed E-state index contributed by atoms with van der Waals surface area (Å²) in [6.45, 7) is 9.23. The van der Waals surface area contributed by atoms with Crippen molar-refractivity contribution in [2.24, 2.45) is 0 Å². The summed E-state index contributed by atoms with van der Waals surface area (Å²) in [5.41, 5.74) is 8.06. The molecule has 2 aromatic rings. The number of carbonyl (C=O) groups is 1. The van der Waals surface area contributed by atoms with Crippen LogP contribution in [0.2, 0.25) is 0 Å². The molecule has 158 valence electrons. The fourth-order valence-corrected chi connectivity index (χ4v) is 4.40. The Morgan fingerprint density at radius 1 is 1.27 bits per heavy atom. The van der Waals surface area contributed by atoms with E-state index in [0.717, 1.165) is 52.9 Å². The third-order valence-electron chi connectivity index (χ3n) is 5.52. The van der Waals surface area contributed by atoms with E-state index in [2.05, 4.69) is 57.9 Å². The van der Waals surface area contributed by atoms with Crippen LogP contribution in [0.4, 0.5) is 0 Å². The summed E-state index contributed by atoms with van der Waals surface area (Å²) >= 11 is 3.63. The molecular weight excluding hydrogens is 438 g/mol. The number of hydrogen-bond donors (Lipinski definition) is 0. The largest absolute Gasteiger partial charge is 0.345 e. The lowest BCUT2D eigenvalue weighted by atomic mass is 9.94.